The lowest BCUT2D eigenvalue weighted by Crippen LogP contribution is -1.97. The van der Waals surface area contributed by atoms with Gasteiger partial charge in [-0.25, -0.2) is 8.57 Å². The van der Waals surface area contributed by atoms with Crippen molar-refractivity contribution in [2.24, 2.45) is 4.36 Å². The van der Waals surface area contributed by atoms with Gasteiger partial charge in [-0.2, -0.15) is 0 Å². The van der Waals surface area contributed by atoms with E-state index < -0.39 is 9.73 Å². The summed E-state index contributed by atoms with van der Waals surface area (Å²) in [5, 5.41) is 0. The van der Waals surface area contributed by atoms with Gasteiger partial charge in [-0.05, 0) is 37.1 Å². The van der Waals surface area contributed by atoms with Crippen LogP contribution in [0.15, 0.2) is 27.5 Å². The van der Waals surface area contributed by atoms with Crippen molar-refractivity contribution < 1.29 is 4.21 Å². The van der Waals surface area contributed by atoms with Crippen LogP contribution in [0.4, 0.5) is 0 Å². The summed E-state index contributed by atoms with van der Waals surface area (Å²) >= 11 is 0. The van der Waals surface area contributed by atoms with Crippen LogP contribution in [0.2, 0.25) is 0 Å². The first-order chi connectivity index (χ1) is 5.97. The predicted octanol–water partition coefficient (Wildman–Crippen LogP) is 2.39. The average molecular weight is 197 g/mol. The first-order valence-electron chi connectivity index (χ1n) is 4.15. The van der Waals surface area contributed by atoms with Gasteiger partial charge >= 0.3 is 0 Å². The molecule has 0 heterocycles. The number of benzene rings is 1. The van der Waals surface area contributed by atoms with Crippen molar-refractivity contribution in [1.82, 2.24) is 0 Å². The van der Waals surface area contributed by atoms with E-state index >= 15 is 0 Å². The third-order valence-electron chi connectivity index (χ3n) is 2.26. The Kier molecular flexibility index (Phi) is 2.76. The van der Waals surface area contributed by atoms with Gasteiger partial charge in [0, 0.05) is 18.2 Å². The molecule has 0 amide bonds. The molecule has 0 aromatic heterocycles. The second-order valence-corrected chi connectivity index (χ2v) is 5.67. The van der Waals surface area contributed by atoms with Crippen molar-refractivity contribution in [3.8, 4) is 0 Å². The summed E-state index contributed by atoms with van der Waals surface area (Å²) in [7, 11) is -0.568. The summed E-state index contributed by atoms with van der Waals surface area (Å²) in [5.41, 5.74) is 2.38. The minimum absolute atomic E-state index is 0.818. The molecule has 0 spiro atoms. The van der Waals surface area contributed by atoms with Crippen molar-refractivity contribution in [1.29, 1.82) is 0 Å². The SMILES string of the molecule is CN=S(C)(=O)c1ccc(C)c(C)c1. The van der Waals surface area contributed by atoms with Crippen LogP contribution in [0.1, 0.15) is 11.1 Å². The zero-order valence-electron chi connectivity index (χ0n) is 8.50. The molecule has 0 saturated carbocycles. The molecule has 0 aliphatic heterocycles. The zero-order chi connectivity index (χ0) is 10.1. The Morgan fingerprint density at radius 1 is 1.23 bits per heavy atom. The van der Waals surface area contributed by atoms with E-state index in [2.05, 4.69) is 4.36 Å². The Morgan fingerprint density at radius 3 is 2.31 bits per heavy atom. The van der Waals surface area contributed by atoms with Gasteiger partial charge in [-0.1, -0.05) is 6.07 Å². The largest absolute Gasteiger partial charge is 0.245 e. The molecule has 0 saturated heterocycles. The number of nitrogens with zero attached hydrogens (tertiary/aromatic N) is 1. The summed E-state index contributed by atoms with van der Waals surface area (Å²) in [4.78, 5) is 0.818. The topological polar surface area (TPSA) is 29.4 Å². The van der Waals surface area contributed by atoms with Crippen molar-refractivity contribution in [2.75, 3.05) is 13.3 Å². The highest BCUT2D eigenvalue weighted by atomic mass is 32.2. The van der Waals surface area contributed by atoms with Crippen molar-refractivity contribution >= 4 is 9.73 Å². The maximum absolute atomic E-state index is 11.9. The molecule has 0 bridgehead atoms. The van der Waals surface area contributed by atoms with Crippen molar-refractivity contribution in [3.63, 3.8) is 0 Å². The summed E-state index contributed by atoms with van der Waals surface area (Å²) in [6, 6.07) is 5.82. The van der Waals surface area contributed by atoms with Crippen LogP contribution < -0.4 is 0 Å². The van der Waals surface area contributed by atoms with E-state index in [-0.39, 0.29) is 0 Å². The highest BCUT2D eigenvalue weighted by molar-refractivity contribution is 7.93. The van der Waals surface area contributed by atoms with Crippen LogP contribution >= 0.6 is 0 Å². The lowest BCUT2D eigenvalue weighted by molar-refractivity contribution is 0.680. The van der Waals surface area contributed by atoms with Crippen LogP contribution in [0.3, 0.4) is 0 Å². The summed E-state index contributed by atoms with van der Waals surface area (Å²) in [6.45, 7) is 4.06. The normalized spacial score (nSPS) is 15.1. The van der Waals surface area contributed by atoms with Gasteiger partial charge in [0.1, 0.15) is 0 Å². The van der Waals surface area contributed by atoms with Crippen molar-refractivity contribution in [2.45, 2.75) is 18.7 Å². The van der Waals surface area contributed by atoms with E-state index in [0.717, 1.165) is 10.5 Å². The van der Waals surface area contributed by atoms with Gasteiger partial charge < -0.3 is 0 Å². The first kappa shape index (κ1) is 10.3. The van der Waals surface area contributed by atoms with E-state index in [0.29, 0.717) is 0 Å². The molecule has 0 radical (unpaired) electrons. The van der Waals surface area contributed by atoms with Gasteiger partial charge in [0.15, 0.2) is 0 Å². The standard InChI is InChI=1S/C10H15NOS/c1-8-5-6-10(7-9(8)2)13(4,12)11-3/h5-7H,1-4H3. The number of rotatable bonds is 1. The van der Waals surface area contributed by atoms with Crippen LogP contribution in [0.25, 0.3) is 0 Å². The first-order valence-corrected chi connectivity index (χ1v) is 6.07. The number of aryl methyl sites for hydroxylation is 2. The Labute approximate surface area is 80.2 Å². The molecule has 1 aromatic rings. The highest BCUT2D eigenvalue weighted by Gasteiger charge is 2.04. The Morgan fingerprint density at radius 2 is 1.85 bits per heavy atom. The highest BCUT2D eigenvalue weighted by Crippen LogP contribution is 2.15. The molecule has 0 aliphatic carbocycles. The zero-order valence-corrected chi connectivity index (χ0v) is 9.31. The van der Waals surface area contributed by atoms with Gasteiger partial charge in [-0.3, -0.25) is 0 Å². The fourth-order valence-corrected chi connectivity index (χ4v) is 1.98. The van der Waals surface area contributed by atoms with Gasteiger partial charge in [0.05, 0.1) is 9.73 Å². The maximum atomic E-state index is 11.9. The Balaban J connectivity index is 3.36. The molecule has 1 rings (SSSR count). The average Bonchev–Trinajstić information content (AvgIpc) is 2.09. The molecule has 0 N–H and O–H groups in total. The molecule has 72 valence electrons. The minimum atomic E-state index is -2.16. The van der Waals surface area contributed by atoms with Crippen LogP contribution in [0, 0.1) is 13.8 Å². The van der Waals surface area contributed by atoms with E-state index in [9.17, 15) is 4.21 Å². The van der Waals surface area contributed by atoms with Crippen LogP contribution in [-0.4, -0.2) is 17.5 Å². The lowest BCUT2D eigenvalue weighted by atomic mass is 10.1. The molecule has 3 heteroatoms. The third kappa shape index (κ3) is 2.10. The number of hydrogen-bond acceptors (Lipinski definition) is 2. The van der Waals surface area contributed by atoms with Crippen LogP contribution in [0.5, 0.6) is 0 Å². The van der Waals surface area contributed by atoms with E-state index in [1.807, 2.05) is 32.0 Å². The fraction of sp³-hybridized carbons (Fsp3) is 0.400. The quantitative estimate of drug-likeness (QED) is 0.679. The van der Waals surface area contributed by atoms with Crippen molar-refractivity contribution in [3.05, 3.63) is 29.3 Å². The minimum Gasteiger partial charge on any atom is -0.245 e. The van der Waals surface area contributed by atoms with E-state index in [1.165, 1.54) is 5.56 Å². The smallest absolute Gasteiger partial charge is 0.0720 e. The van der Waals surface area contributed by atoms with Gasteiger partial charge in [-0.15, -0.1) is 0 Å². The lowest BCUT2D eigenvalue weighted by Gasteiger charge is -2.05. The van der Waals surface area contributed by atoms with Gasteiger partial charge in [0.2, 0.25) is 0 Å². The molecule has 2 nitrogen and oxygen atoms in total. The molecule has 1 unspecified atom stereocenters. The Hall–Kier alpha value is -0.830. The van der Waals surface area contributed by atoms with E-state index in [4.69, 9.17) is 0 Å². The number of hydrogen-bond donors (Lipinski definition) is 0. The predicted molar refractivity (Wildman–Crippen MR) is 56.6 cm³/mol. The van der Waals surface area contributed by atoms with Crippen LogP contribution in [-0.2, 0) is 9.73 Å². The van der Waals surface area contributed by atoms with E-state index in [1.54, 1.807) is 13.3 Å². The second kappa shape index (κ2) is 3.50. The Bertz CT molecular complexity index is 429. The molecular formula is C10H15NOS. The molecule has 0 fully saturated rings. The molecule has 0 aliphatic rings. The summed E-state index contributed by atoms with van der Waals surface area (Å²) in [5.74, 6) is 0. The maximum Gasteiger partial charge on any atom is 0.0720 e. The second-order valence-electron chi connectivity index (χ2n) is 3.23. The third-order valence-corrected chi connectivity index (χ3v) is 4.09. The molecule has 1 atom stereocenters. The molecular weight excluding hydrogens is 182 g/mol. The van der Waals surface area contributed by atoms with Gasteiger partial charge in [0.25, 0.3) is 0 Å². The fourth-order valence-electron chi connectivity index (χ4n) is 1.05. The molecule has 13 heavy (non-hydrogen) atoms. The monoisotopic (exact) mass is 197 g/mol. The summed E-state index contributed by atoms with van der Waals surface area (Å²) < 4.78 is 15.7. The summed E-state index contributed by atoms with van der Waals surface area (Å²) in [6.07, 6.45) is 1.66. The molecule has 1 aromatic carbocycles.